The Balaban J connectivity index is 2.15. The van der Waals surface area contributed by atoms with Gasteiger partial charge in [0, 0.05) is 5.33 Å². The van der Waals surface area contributed by atoms with Crippen LogP contribution in [-0.2, 0) is 0 Å². The molecule has 10 heavy (non-hydrogen) atoms. The number of allylic oxidation sites excluding steroid dienone is 1. The number of halogens is 1. The first kappa shape index (κ1) is 8.32. The van der Waals surface area contributed by atoms with E-state index in [-0.39, 0.29) is 0 Å². The molecular weight excluding hydrogens is 188 g/mol. The molecule has 0 aromatic heterocycles. The van der Waals surface area contributed by atoms with E-state index in [2.05, 4.69) is 29.4 Å². The van der Waals surface area contributed by atoms with Crippen molar-refractivity contribution in [3.8, 4) is 0 Å². The second kappa shape index (κ2) is 3.56. The summed E-state index contributed by atoms with van der Waals surface area (Å²) in [5.74, 6) is 1.75. The largest absolute Gasteiger partial charge is 0.0993 e. The van der Waals surface area contributed by atoms with Crippen LogP contribution < -0.4 is 0 Å². The van der Waals surface area contributed by atoms with Crippen molar-refractivity contribution in [2.24, 2.45) is 11.8 Å². The molecule has 58 valence electrons. The molecule has 1 saturated carbocycles. The van der Waals surface area contributed by atoms with Crippen molar-refractivity contribution in [2.45, 2.75) is 26.2 Å². The molecule has 0 amide bonds. The highest BCUT2D eigenvalue weighted by atomic mass is 79.9. The van der Waals surface area contributed by atoms with Crippen LogP contribution in [0, 0.1) is 11.8 Å². The first-order chi connectivity index (χ1) is 4.81. The number of rotatable bonds is 4. The van der Waals surface area contributed by atoms with E-state index in [0.717, 1.165) is 17.2 Å². The molecule has 1 aliphatic rings. The van der Waals surface area contributed by atoms with Crippen molar-refractivity contribution in [3.63, 3.8) is 0 Å². The van der Waals surface area contributed by atoms with Gasteiger partial charge in [-0.1, -0.05) is 35.0 Å². The summed E-state index contributed by atoms with van der Waals surface area (Å²) in [7, 11) is 0. The van der Waals surface area contributed by atoms with Gasteiger partial charge in [0.2, 0.25) is 0 Å². The minimum Gasteiger partial charge on any atom is -0.0993 e. The minimum atomic E-state index is 0.874. The highest BCUT2D eigenvalue weighted by molar-refractivity contribution is 9.09. The highest BCUT2D eigenvalue weighted by Crippen LogP contribution is 2.49. The summed E-state index contributed by atoms with van der Waals surface area (Å²) in [4.78, 5) is 0. The van der Waals surface area contributed by atoms with E-state index in [9.17, 15) is 0 Å². The topological polar surface area (TPSA) is 0 Å². The lowest BCUT2D eigenvalue weighted by molar-refractivity contribution is 0.626. The van der Waals surface area contributed by atoms with Crippen LogP contribution in [-0.4, -0.2) is 5.33 Å². The van der Waals surface area contributed by atoms with E-state index >= 15 is 0 Å². The maximum Gasteiger partial charge on any atom is 0.00315 e. The third kappa shape index (κ3) is 1.63. The lowest BCUT2D eigenvalue weighted by atomic mass is 10.2. The maximum absolute atomic E-state index is 4.04. The Morgan fingerprint density at radius 2 is 2.20 bits per heavy atom. The van der Waals surface area contributed by atoms with Gasteiger partial charge in [-0.25, -0.2) is 0 Å². The van der Waals surface area contributed by atoms with Crippen molar-refractivity contribution in [1.82, 2.24) is 0 Å². The normalized spacial score (nSPS) is 30.8. The zero-order valence-electron chi connectivity index (χ0n) is 6.57. The molecule has 0 radical (unpaired) electrons. The molecular formula is C9H15Br. The van der Waals surface area contributed by atoms with E-state index in [1.807, 2.05) is 0 Å². The molecule has 0 aliphatic heterocycles. The fourth-order valence-electron chi connectivity index (χ4n) is 1.68. The molecule has 0 heterocycles. The Kier molecular flexibility index (Phi) is 2.96. The number of alkyl halides is 1. The molecule has 0 aromatic carbocycles. The summed E-state index contributed by atoms with van der Waals surface area (Å²) < 4.78 is 0. The molecule has 2 atom stereocenters. The minimum absolute atomic E-state index is 0.874. The van der Waals surface area contributed by atoms with Gasteiger partial charge in [0.1, 0.15) is 0 Å². The fraction of sp³-hybridized carbons (Fsp3) is 0.778. The Morgan fingerprint density at radius 1 is 1.50 bits per heavy atom. The Bertz CT molecular complexity index is 129. The van der Waals surface area contributed by atoms with E-state index < -0.39 is 0 Å². The number of hydrogen-bond acceptors (Lipinski definition) is 0. The van der Waals surface area contributed by atoms with Gasteiger partial charge in [-0.15, -0.1) is 0 Å². The summed E-state index contributed by atoms with van der Waals surface area (Å²) >= 11 is 3.44. The second-order valence-electron chi connectivity index (χ2n) is 3.03. The average molecular weight is 203 g/mol. The Morgan fingerprint density at radius 3 is 2.60 bits per heavy atom. The molecule has 0 nitrogen and oxygen atoms in total. The Hall–Kier alpha value is 0.220. The molecule has 1 heteroatoms. The van der Waals surface area contributed by atoms with Crippen LogP contribution in [0.15, 0.2) is 12.2 Å². The second-order valence-corrected chi connectivity index (χ2v) is 3.82. The van der Waals surface area contributed by atoms with Gasteiger partial charge in [-0.2, -0.15) is 0 Å². The molecule has 0 spiro atoms. The smallest absolute Gasteiger partial charge is 0.00315 e. The van der Waals surface area contributed by atoms with Crippen LogP contribution in [0.2, 0.25) is 0 Å². The van der Waals surface area contributed by atoms with Gasteiger partial charge in [0.05, 0.1) is 0 Å². The monoisotopic (exact) mass is 202 g/mol. The van der Waals surface area contributed by atoms with Crippen LogP contribution in [0.1, 0.15) is 26.2 Å². The summed E-state index contributed by atoms with van der Waals surface area (Å²) in [5.41, 5.74) is 1.50. The SMILES string of the molecule is C=C1C(CC)C1CCCBr. The summed E-state index contributed by atoms with van der Waals surface area (Å²) in [5, 5.41) is 1.15. The van der Waals surface area contributed by atoms with E-state index in [0.29, 0.717) is 0 Å². The summed E-state index contributed by atoms with van der Waals surface area (Å²) in [6.07, 6.45) is 3.95. The van der Waals surface area contributed by atoms with Crippen LogP contribution >= 0.6 is 15.9 Å². The molecule has 1 fully saturated rings. The first-order valence-electron chi connectivity index (χ1n) is 4.06. The fourth-order valence-corrected chi connectivity index (χ4v) is 2.00. The number of hydrogen-bond donors (Lipinski definition) is 0. The van der Waals surface area contributed by atoms with Crippen LogP contribution in [0.3, 0.4) is 0 Å². The molecule has 2 unspecified atom stereocenters. The zero-order valence-corrected chi connectivity index (χ0v) is 8.15. The first-order valence-corrected chi connectivity index (χ1v) is 5.18. The maximum atomic E-state index is 4.04. The van der Waals surface area contributed by atoms with Crippen LogP contribution in [0.5, 0.6) is 0 Å². The molecule has 0 aromatic rings. The lowest BCUT2D eigenvalue weighted by Gasteiger charge is -1.91. The van der Waals surface area contributed by atoms with Crippen molar-refractivity contribution >= 4 is 15.9 Å². The predicted octanol–water partition coefficient (Wildman–Crippen LogP) is 3.37. The molecule has 0 bridgehead atoms. The third-order valence-corrected chi connectivity index (χ3v) is 2.98. The van der Waals surface area contributed by atoms with Crippen molar-refractivity contribution in [1.29, 1.82) is 0 Å². The van der Waals surface area contributed by atoms with E-state index in [1.165, 1.54) is 24.8 Å². The highest BCUT2D eigenvalue weighted by Gasteiger charge is 2.39. The van der Waals surface area contributed by atoms with Crippen LogP contribution in [0.4, 0.5) is 0 Å². The molecule has 0 N–H and O–H groups in total. The van der Waals surface area contributed by atoms with Gasteiger partial charge in [0.25, 0.3) is 0 Å². The molecule has 0 saturated heterocycles. The van der Waals surface area contributed by atoms with E-state index in [1.54, 1.807) is 0 Å². The zero-order chi connectivity index (χ0) is 7.56. The lowest BCUT2D eigenvalue weighted by Crippen LogP contribution is -1.82. The van der Waals surface area contributed by atoms with Crippen LogP contribution in [0.25, 0.3) is 0 Å². The predicted molar refractivity (Wildman–Crippen MR) is 49.4 cm³/mol. The Labute approximate surface area is 71.8 Å². The quantitative estimate of drug-likeness (QED) is 0.485. The molecule has 1 aliphatic carbocycles. The van der Waals surface area contributed by atoms with Gasteiger partial charge in [0.15, 0.2) is 0 Å². The third-order valence-electron chi connectivity index (χ3n) is 2.42. The standard InChI is InChI=1S/C9H15Br/c1-3-8-7(2)9(8)5-4-6-10/h8-9H,2-6H2,1H3. The molecule has 1 rings (SSSR count). The summed E-state index contributed by atoms with van der Waals surface area (Å²) in [6, 6.07) is 0. The van der Waals surface area contributed by atoms with E-state index in [4.69, 9.17) is 0 Å². The van der Waals surface area contributed by atoms with Gasteiger partial charge < -0.3 is 0 Å². The van der Waals surface area contributed by atoms with Crippen molar-refractivity contribution in [3.05, 3.63) is 12.2 Å². The summed E-state index contributed by atoms with van der Waals surface area (Å²) in [6.45, 7) is 6.29. The van der Waals surface area contributed by atoms with Gasteiger partial charge >= 0.3 is 0 Å². The van der Waals surface area contributed by atoms with Crippen molar-refractivity contribution in [2.75, 3.05) is 5.33 Å². The van der Waals surface area contributed by atoms with Gasteiger partial charge in [-0.05, 0) is 31.1 Å². The average Bonchev–Trinajstić information content (AvgIpc) is 2.56. The van der Waals surface area contributed by atoms with Gasteiger partial charge in [-0.3, -0.25) is 0 Å². The van der Waals surface area contributed by atoms with Crippen molar-refractivity contribution < 1.29 is 0 Å².